The Morgan fingerprint density at radius 1 is 1.23 bits per heavy atom. The molecule has 0 N–H and O–H groups in total. The van der Waals surface area contributed by atoms with E-state index < -0.39 is 0 Å². The van der Waals surface area contributed by atoms with Crippen LogP contribution in [0.1, 0.15) is 0 Å². The first-order valence-electron chi connectivity index (χ1n) is 3.69. The summed E-state index contributed by atoms with van der Waals surface area (Å²) in [6.07, 6.45) is 3.69. The first kappa shape index (κ1) is 10.7. The molecule has 0 saturated heterocycles. The molecule has 1 nitrogen and oxygen atoms in total. The predicted molar refractivity (Wildman–Crippen MR) is 56.5 cm³/mol. The van der Waals surface area contributed by atoms with Crippen LogP contribution in [-0.2, 0) is 0 Å². The normalized spacial score (nSPS) is 10.2. The quantitative estimate of drug-likeness (QED) is 0.721. The van der Waals surface area contributed by atoms with Crippen molar-refractivity contribution in [2.24, 2.45) is 0 Å². The highest BCUT2D eigenvalue weighted by Crippen LogP contribution is 2.35. The molecule has 0 heterocycles. The Balaban J connectivity index is 3.23. The van der Waals surface area contributed by atoms with Gasteiger partial charge in [0.15, 0.2) is 5.82 Å². The van der Waals surface area contributed by atoms with Gasteiger partial charge in [0.1, 0.15) is 5.75 Å². The van der Waals surface area contributed by atoms with Crippen molar-refractivity contribution in [3.8, 4) is 5.75 Å². The van der Waals surface area contributed by atoms with Gasteiger partial charge in [0, 0.05) is 4.90 Å². The Morgan fingerprint density at radius 2 is 1.92 bits per heavy atom. The zero-order chi connectivity index (χ0) is 9.84. The zero-order valence-electron chi connectivity index (χ0n) is 7.76. The Kier molecular flexibility index (Phi) is 3.93. The van der Waals surface area contributed by atoms with Crippen molar-refractivity contribution in [3.63, 3.8) is 0 Å². The van der Waals surface area contributed by atoms with Crippen LogP contribution < -0.4 is 4.74 Å². The van der Waals surface area contributed by atoms with Gasteiger partial charge >= 0.3 is 0 Å². The molecule has 0 aliphatic carbocycles. The number of hydrogen-bond acceptors (Lipinski definition) is 3. The lowest BCUT2D eigenvalue weighted by Crippen LogP contribution is -1.91. The van der Waals surface area contributed by atoms with Crippen LogP contribution in [0.25, 0.3) is 0 Å². The van der Waals surface area contributed by atoms with Gasteiger partial charge in [0.05, 0.1) is 12.0 Å². The van der Waals surface area contributed by atoms with Crippen molar-refractivity contribution >= 4 is 23.5 Å². The van der Waals surface area contributed by atoms with E-state index in [0.29, 0.717) is 15.5 Å². The summed E-state index contributed by atoms with van der Waals surface area (Å²) in [7, 11) is 1.55. The summed E-state index contributed by atoms with van der Waals surface area (Å²) >= 11 is 2.76. The minimum Gasteiger partial charge on any atom is -0.495 e. The van der Waals surface area contributed by atoms with Gasteiger partial charge < -0.3 is 4.74 Å². The minimum atomic E-state index is -0.181. The van der Waals surface area contributed by atoms with E-state index in [4.69, 9.17) is 4.74 Å². The maximum absolute atomic E-state index is 13.6. The van der Waals surface area contributed by atoms with Crippen molar-refractivity contribution in [1.82, 2.24) is 0 Å². The van der Waals surface area contributed by atoms with Crippen LogP contribution in [0.2, 0.25) is 0 Å². The smallest absolute Gasteiger partial charge is 0.154 e. The molecule has 1 aromatic carbocycles. The van der Waals surface area contributed by atoms with E-state index in [1.165, 1.54) is 23.5 Å². The van der Waals surface area contributed by atoms with Crippen molar-refractivity contribution in [2.45, 2.75) is 9.79 Å². The number of methoxy groups -OCH3 is 1. The lowest BCUT2D eigenvalue weighted by Gasteiger charge is -2.09. The van der Waals surface area contributed by atoms with Crippen LogP contribution in [0.4, 0.5) is 4.39 Å². The summed E-state index contributed by atoms with van der Waals surface area (Å²) in [5, 5.41) is 0. The number of hydrogen-bond donors (Lipinski definition) is 0. The largest absolute Gasteiger partial charge is 0.495 e. The lowest BCUT2D eigenvalue weighted by atomic mass is 10.3. The average Bonchev–Trinajstić information content (AvgIpc) is 2.17. The maximum Gasteiger partial charge on any atom is 0.154 e. The van der Waals surface area contributed by atoms with Gasteiger partial charge in [-0.1, -0.05) is 0 Å². The summed E-state index contributed by atoms with van der Waals surface area (Å²) in [6.45, 7) is 0. The van der Waals surface area contributed by atoms with Crippen molar-refractivity contribution in [2.75, 3.05) is 19.6 Å². The molecular formula is C9H11FOS2. The molecule has 0 amide bonds. The fraction of sp³-hybridized carbons (Fsp3) is 0.333. The van der Waals surface area contributed by atoms with Crippen molar-refractivity contribution in [1.29, 1.82) is 0 Å². The Labute approximate surface area is 86.1 Å². The maximum atomic E-state index is 13.6. The Morgan fingerprint density at radius 3 is 2.38 bits per heavy atom. The van der Waals surface area contributed by atoms with Crippen LogP contribution in [0.5, 0.6) is 5.75 Å². The summed E-state index contributed by atoms with van der Waals surface area (Å²) in [6, 6.07) is 3.53. The van der Waals surface area contributed by atoms with Gasteiger partial charge in [0.25, 0.3) is 0 Å². The molecule has 0 fully saturated rings. The number of rotatable bonds is 3. The van der Waals surface area contributed by atoms with E-state index >= 15 is 0 Å². The van der Waals surface area contributed by atoms with Crippen LogP contribution in [0.3, 0.4) is 0 Å². The van der Waals surface area contributed by atoms with Crippen LogP contribution in [0, 0.1) is 5.82 Å². The van der Waals surface area contributed by atoms with E-state index in [0.717, 1.165) is 0 Å². The third-order valence-electron chi connectivity index (χ3n) is 1.67. The van der Waals surface area contributed by atoms with Crippen molar-refractivity contribution < 1.29 is 9.13 Å². The Bertz CT molecular complexity index is 302. The zero-order valence-corrected chi connectivity index (χ0v) is 9.39. The molecule has 0 bridgehead atoms. The molecule has 1 rings (SSSR count). The molecule has 0 atom stereocenters. The van der Waals surface area contributed by atoms with E-state index in [1.54, 1.807) is 19.2 Å². The fourth-order valence-corrected chi connectivity index (χ4v) is 2.22. The summed E-state index contributed by atoms with van der Waals surface area (Å²) in [5.74, 6) is 0.419. The molecular weight excluding hydrogens is 207 g/mol. The minimum absolute atomic E-state index is 0.181. The molecule has 0 saturated carbocycles. The highest BCUT2D eigenvalue weighted by Gasteiger charge is 2.12. The third kappa shape index (κ3) is 2.11. The first-order chi connectivity index (χ1) is 6.24. The molecule has 72 valence electrons. The number of benzene rings is 1. The van der Waals surface area contributed by atoms with Crippen LogP contribution >= 0.6 is 23.5 Å². The number of halogens is 1. The standard InChI is InChI=1S/C9H11FOS2/c1-11-6-4-5-7(12-2)8(10)9(6)13-3/h4-5H,1-3H3. The second kappa shape index (κ2) is 4.77. The van der Waals surface area contributed by atoms with Gasteiger partial charge in [-0.05, 0) is 24.6 Å². The summed E-state index contributed by atoms with van der Waals surface area (Å²) in [4.78, 5) is 1.24. The molecule has 13 heavy (non-hydrogen) atoms. The molecule has 4 heteroatoms. The highest BCUT2D eigenvalue weighted by atomic mass is 32.2. The fourth-order valence-electron chi connectivity index (χ4n) is 1.03. The monoisotopic (exact) mass is 218 g/mol. The van der Waals surface area contributed by atoms with Gasteiger partial charge in [-0.15, -0.1) is 23.5 Å². The predicted octanol–water partition coefficient (Wildman–Crippen LogP) is 3.28. The van der Waals surface area contributed by atoms with Crippen LogP contribution in [0.15, 0.2) is 21.9 Å². The second-order valence-corrected chi connectivity index (χ2v) is 3.98. The summed E-state index contributed by atoms with van der Waals surface area (Å²) < 4.78 is 18.6. The third-order valence-corrected chi connectivity index (χ3v) is 3.21. The number of thioether (sulfide) groups is 2. The molecule has 0 aromatic heterocycles. The SMILES string of the molecule is COc1ccc(SC)c(F)c1SC. The molecule has 0 unspecified atom stereocenters. The van der Waals surface area contributed by atoms with Gasteiger partial charge in [0.2, 0.25) is 0 Å². The molecule has 1 aromatic rings. The van der Waals surface area contributed by atoms with Crippen molar-refractivity contribution in [3.05, 3.63) is 17.9 Å². The second-order valence-electron chi connectivity index (χ2n) is 2.32. The van der Waals surface area contributed by atoms with E-state index in [1.807, 2.05) is 12.5 Å². The molecule has 0 radical (unpaired) electrons. The first-order valence-corrected chi connectivity index (χ1v) is 6.14. The molecule has 0 aliphatic rings. The Hall–Kier alpha value is -0.350. The van der Waals surface area contributed by atoms with E-state index in [2.05, 4.69) is 0 Å². The van der Waals surface area contributed by atoms with E-state index in [-0.39, 0.29) is 5.82 Å². The van der Waals surface area contributed by atoms with Gasteiger partial charge in [-0.2, -0.15) is 0 Å². The van der Waals surface area contributed by atoms with Gasteiger partial charge in [-0.25, -0.2) is 4.39 Å². The topological polar surface area (TPSA) is 9.23 Å². The summed E-state index contributed by atoms with van der Waals surface area (Å²) in [5.41, 5.74) is 0. The van der Waals surface area contributed by atoms with Gasteiger partial charge in [-0.3, -0.25) is 0 Å². The lowest BCUT2D eigenvalue weighted by molar-refractivity contribution is 0.395. The average molecular weight is 218 g/mol. The highest BCUT2D eigenvalue weighted by molar-refractivity contribution is 7.99. The van der Waals surface area contributed by atoms with Crippen LogP contribution in [-0.4, -0.2) is 19.6 Å². The van der Waals surface area contributed by atoms with E-state index in [9.17, 15) is 4.39 Å². The number of ether oxygens (including phenoxy) is 1. The molecule has 0 aliphatic heterocycles. The molecule has 0 spiro atoms.